The van der Waals surface area contributed by atoms with Crippen LogP contribution in [0.15, 0.2) is 30.6 Å². The van der Waals surface area contributed by atoms with Crippen molar-refractivity contribution in [3.63, 3.8) is 0 Å². The number of aromatic nitrogens is 4. The summed E-state index contributed by atoms with van der Waals surface area (Å²) in [7, 11) is 0. The maximum Gasteiger partial charge on any atom is 0.158 e. The zero-order chi connectivity index (χ0) is 14.2. The molecule has 1 fully saturated rings. The molecule has 6 heteroatoms. The molecular formula is C15H14ClN5. The highest BCUT2D eigenvalue weighted by atomic mass is 35.5. The molecule has 21 heavy (non-hydrogen) atoms. The third-order valence-electron chi connectivity index (χ3n) is 3.74. The van der Waals surface area contributed by atoms with Crippen LogP contribution in [0, 0.1) is 0 Å². The highest BCUT2D eigenvalue weighted by Crippen LogP contribution is 2.23. The van der Waals surface area contributed by atoms with Crippen molar-refractivity contribution in [2.45, 2.75) is 12.8 Å². The van der Waals surface area contributed by atoms with Crippen LogP contribution in [0.2, 0.25) is 5.02 Å². The zero-order valence-corrected chi connectivity index (χ0v) is 12.1. The van der Waals surface area contributed by atoms with Crippen LogP contribution >= 0.6 is 11.6 Å². The Kier molecular flexibility index (Phi) is 3.00. The number of hydrogen-bond donors (Lipinski definition) is 1. The maximum absolute atomic E-state index is 6.00. The van der Waals surface area contributed by atoms with E-state index < -0.39 is 0 Å². The van der Waals surface area contributed by atoms with Crippen molar-refractivity contribution >= 4 is 28.5 Å². The molecule has 3 heterocycles. The van der Waals surface area contributed by atoms with Gasteiger partial charge in [-0.3, -0.25) is 4.98 Å². The average Bonchev–Trinajstić information content (AvgIpc) is 3.16. The number of imidazole rings is 1. The summed E-state index contributed by atoms with van der Waals surface area (Å²) in [5.74, 6) is 1.64. The van der Waals surface area contributed by atoms with Gasteiger partial charge in [0.05, 0.1) is 23.4 Å². The summed E-state index contributed by atoms with van der Waals surface area (Å²) in [6.07, 6.45) is 5.98. The number of halogens is 1. The van der Waals surface area contributed by atoms with E-state index in [1.165, 1.54) is 12.8 Å². The SMILES string of the molecule is Clc1ccc2nc(-c3cncc(N4CCCC4)n3)[nH]c2c1. The smallest absolute Gasteiger partial charge is 0.158 e. The molecule has 0 radical (unpaired) electrons. The first-order valence-corrected chi connectivity index (χ1v) is 7.40. The maximum atomic E-state index is 6.00. The van der Waals surface area contributed by atoms with Crippen molar-refractivity contribution < 1.29 is 0 Å². The number of rotatable bonds is 2. The first kappa shape index (κ1) is 12.6. The van der Waals surface area contributed by atoms with E-state index in [9.17, 15) is 0 Å². The Morgan fingerprint density at radius 3 is 2.81 bits per heavy atom. The summed E-state index contributed by atoms with van der Waals surface area (Å²) in [5.41, 5.74) is 2.54. The predicted molar refractivity (Wildman–Crippen MR) is 83.6 cm³/mol. The minimum Gasteiger partial charge on any atom is -0.355 e. The van der Waals surface area contributed by atoms with Gasteiger partial charge < -0.3 is 9.88 Å². The second kappa shape index (κ2) is 5.00. The normalized spacial score (nSPS) is 15.0. The van der Waals surface area contributed by atoms with Gasteiger partial charge >= 0.3 is 0 Å². The third kappa shape index (κ3) is 2.34. The van der Waals surface area contributed by atoms with Crippen molar-refractivity contribution in [3.05, 3.63) is 35.6 Å². The van der Waals surface area contributed by atoms with Gasteiger partial charge in [0.25, 0.3) is 0 Å². The van der Waals surface area contributed by atoms with Crippen molar-refractivity contribution in [1.29, 1.82) is 0 Å². The molecule has 0 spiro atoms. The number of nitrogens with one attached hydrogen (secondary N) is 1. The molecule has 1 aliphatic rings. The van der Waals surface area contributed by atoms with E-state index in [0.717, 1.165) is 41.5 Å². The lowest BCUT2D eigenvalue weighted by atomic mass is 10.3. The van der Waals surface area contributed by atoms with Gasteiger partial charge in [0.15, 0.2) is 5.82 Å². The molecule has 0 saturated carbocycles. The Morgan fingerprint density at radius 1 is 1.10 bits per heavy atom. The molecule has 2 aromatic heterocycles. The first-order valence-electron chi connectivity index (χ1n) is 7.02. The lowest BCUT2D eigenvalue weighted by molar-refractivity contribution is 0.926. The molecule has 0 atom stereocenters. The second-order valence-electron chi connectivity index (χ2n) is 5.20. The molecule has 1 N–H and O–H groups in total. The van der Waals surface area contributed by atoms with Crippen LogP contribution < -0.4 is 4.90 Å². The molecule has 0 unspecified atom stereocenters. The molecule has 1 aromatic carbocycles. The molecule has 0 amide bonds. The second-order valence-corrected chi connectivity index (χ2v) is 5.64. The number of hydrogen-bond acceptors (Lipinski definition) is 4. The van der Waals surface area contributed by atoms with Crippen LogP contribution in [-0.4, -0.2) is 33.0 Å². The molecule has 0 aliphatic carbocycles. The molecule has 1 aliphatic heterocycles. The Balaban J connectivity index is 1.75. The third-order valence-corrected chi connectivity index (χ3v) is 3.97. The number of aromatic amines is 1. The summed E-state index contributed by atoms with van der Waals surface area (Å²) in [4.78, 5) is 19.1. The van der Waals surface area contributed by atoms with Crippen LogP contribution in [0.1, 0.15) is 12.8 Å². The molecular weight excluding hydrogens is 286 g/mol. The van der Waals surface area contributed by atoms with Crippen LogP contribution in [-0.2, 0) is 0 Å². The molecule has 3 aromatic rings. The fraction of sp³-hybridized carbons (Fsp3) is 0.267. The van der Waals surface area contributed by atoms with Gasteiger partial charge in [-0.05, 0) is 31.0 Å². The fourth-order valence-corrected chi connectivity index (χ4v) is 2.84. The minimum absolute atomic E-state index is 0.689. The van der Waals surface area contributed by atoms with E-state index in [4.69, 9.17) is 11.6 Å². The molecule has 1 saturated heterocycles. The molecule has 0 bridgehead atoms. The van der Waals surface area contributed by atoms with Gasteiger partial charge in [-0.2, -0.15) is 0 Å². The average molecular weight is 300 g/mol. The Labute approximate surface area is 127 Å². The van der Waals surface area contributed by atoms with Gasteiger partial charge in [0.2, 0.25) is 0 Å². The van der Waals surface area contributed by atoms with Crippen molar-refractivity contribution in [2.24, 2.45) is 0 Å². The van der Waals surface area contributed by atoms with E-state index in [1.807, 2.05) is 24.4 Å². The molecule has 106 valence electrons. The van der Waals surface area contributed by atoms with Crippen molar-refractivity contribution in [2.75, 3.05) is 18.0 Å². The van der Waals surface area contributed by atoms with Gasteiger partial charge in [-0.1, -0.05) is 11.6 Å². The standard InChI is InChI=1S/C15H14ClN5/c16-10-3-4-11-12(7-10)20-15(19-11)13-8-17-9-14(18-13)21-5-1-2-6-21/h3-4,7-9H,1-2,5-6H2,(H,19,20). The summed E-state index contributed by atoms with van der Waals surface area (Å²) in [6.45, 7) is 2.10. The van der Waals surface area contributed by atoms with Crippen LogP contribution in [0.25, 0.3) is 22.6 Å². The Hall–Kier alpha value is -2.14. The van der Waals surface area contributed by atoms with Crippen molar-refractivity contribution in [1.82, 2.24) is 19.9 Å². The topological polar surface area (TPSA) is 57.7 Å². The minimum atomic E-state index is 0.689. The summed E-state index contributed by atoms with van der Waals surface area (Å²) >= 11 is 6.00. The van der Waals surface area contributed by atoms with Crippen LogP contribution in [0.5, 0.6) is 0 Å². The number of H-pyrrole nitrogens is 1. The summed E-state index contributed by atoms with van der Waals surface area (Å²) in [6, 6.07) is 5.60. The summed E-state index contributed by atoms with van der Waals surface area (Å²) < 4.78 is 0. The highest BCUT2D eigenvalue weighted by Gasteiger charge is 2.15. The quantitative estimate of drug-likeness (QED) is 0.789. The van der Waals surface area contributed by atoms with Crippen LogP contribution in [0.4, 0.5) is 5.82 Å². The first-order chi connectivity index (χ1) is 10.3. The van der Waals surface area contributed by atoms with Gasteiger partial charge in [0, 0.05) is 18.1 Å². The monoisotopic (exact) mass is 299 g/mol. The molecule has 5 nitrogen and oxygen atoms in total. The van der Waals surface area contributed by atoms with Crippen molar-refractivity contribution in [3.8, 4) is 11.5 Å². The number of nitrogens with zero attached hydrogens (tertiary/aromatic N) is 4. The van der Waals surface area contributed by atoms with E-state index in [0.29, 0.717) is 5.02 Å². The van der Waals surface area contributed by atoms with E-state index in [2.05, 4.69) is 24.8 Å². The van der Waals surface area contributed by atoms with E-state index in [-0.39, 0.29) is 0 Å². The van der Waals surface area contributed by atoms with Gasteiger partial charge in [-0.15, -0.1) is 0 Å². The molecule has 4 rings (SSSR count). The lowest BCUT2D eigenvalue weighted by Crippen LogP contribution is -2.19. The number of benzene rings is 1. The number of anilines is 1. The lowest BCUT2D eigenvalue weighted by Gasteiger charge is -2.15. The van der Waals surface area contributed by atoms with E-state index in [1.54, 1.807) is 6.20 Å². The van der Waals surface area contributed by atoms with Gasteiger partial charge in [0.1, 0.15) is 11.5 Å². The largest absolute Gasteiger partial charge is 0.355 e. The predicted octanol–water partition coefficient (Wildman–Crippen LogP) is 3.27. The summed E-state index contributed by atoms with van der Waals surface area (Å²) in [5, 5.41) is 0.689. The zero-order valence-electron chi connectivity index (χ0n) is 11.4. The highest BCUT2D eigenvalue weighted by molar-refractivity contribution is 6.31. The van der Waals surface area contributed by atoms with Crippen LogP contribution in [0.3, 0.4) is 0 Å². The number of fused-ring (bicyclic) bond motifs is 1. The van der Waals surface area contributed by atoms with Gasteiger partial charge in [-0.25, -0.2) is 9.97 Å². The van der Waals surface area contributed by atoms with E-state index >= 15 is 0 Å². The Bertz CT molecular complexity index is 792. The fourth-order valence-electron chi connectivity index (χ4n) is 2.67. The Morgan fingerprint density at radius 2 is 1.95 bits per heavy atom.